The Morgan fingerprint density at radius 3 is 2.48 bits per heavy atom. The number of aromatic nitrogens is 2. The summed E-state index contributed by atoms with van der Waals surface area (Å²) in [5.74, 6) is 0.233. The fourth-order valence-electron chi connectivity index (χ4n) is 1.91. The van der Waals surface area contributed by atoms with Gasteiger partial charge in [0.25, 0.3) is 5.56 Å². The zero-order chi connectivity index (χ0) is 15.4. The minimum atomic E-state index is -0.456. The smallest absolute Gasteiger partial charge is 0.310 e. The summed E-state index contributed by atoms with van der Waals surface area (Å²) in [6.45, 7) is 1.74. The van der Waals surface area contributed by atoms with Gasteiger partial charge >= 0.3 is 5.97 Å². The van der Waals surface area contributed by atoms with Gasteiger partial charge in [-0.25, -0.2) is 0 Å². The summed E-state index contributed by atoms with van der Waals surface area (Å²) in [6, 6.07) is 6.93. The second kappa shape index (κ2) is 6.21. The molecule has 0 aliphatic carbocycles. The molecular formula is C15H16N2O4. The van der Waals surface area contributed by atoms with Gasteiger partial charge in [0.15, 0.2) is 0 Å². The lowest BCUT2D eigenvalue weighted by molar-refractivity contribution is -0.139. The van der Waals surface area contributed by atoms with Gasteiger partial charge < -0.3 is 9.47 Å². The van der Waals surface area contributed by atoms with Crippen molar-refractivity contribution in [1.29, 1.82) is 0 Å². The van der Waals surface area contributed by atoms with Crippen LogP contribution >= 0.6 is 0 Å². The molecule has 1 aromatic carbocycles. The average Bonchev–Trinajstić information content (AvgIpc) is 2.51. The van der Waals surface area contributed by atoms with E-state index >= 15 is 0 Å². The second-order valence-corrected chi connectivity index (χ2v) is 4.47. The molecule has 0 spiro atoms. The SMILES string of the molecule is COC(=O)Cc1c(C)cnn(-c2ccc(OC)cc2)c1=O. The summed E-state index contributed by atoms with van der Waals surface area (Å²) in [4.78, 5) is 23.9. The number of aryl methyl sites for hydroxylation is 1. The summed E-state index contributed by atoms with van der Waals surface area (Å²) in [7, 11) is 2.86. The molecular weight excluding hydrogens is 272 g/mol. The molecule has 0 bridgehead atoms. The quantitative estimate of drug-likeness (QED) is 0.792. The van der Waals surface area contributed by atoms with Crippen LogP contribution in [0.5, 0.6) is 5.75 Å². The third-order valence-corrected chi connectivity index (χ3v) is 3.16. The number of rotatable bonds is 4. The van der Waals surface area contributed by atoms with E-state index < -0.39 is 5.97 Å². The van der Waals surface area contributed by atoms with E-state index in [1.54, 1.807) is 44.5 Å². The summed E-state index contributed by atoms with van der Waals surface area (Å²) >= 11 is 0. The van der Waals surface area contributed by atoms with Gasteiger partial charge in [-0.1, -0.05) is 0 Å². The molecule has 0 saturated carbocycles. The number of ether oxygens (including phenoxy) is 2. The van der Waals surface area contributed by atoms with Crippen molar-refractivity contribution in [3.63, 3.8) is 0 Å². The predicted molar refractivity (Wildman–Crippen MR) is 76.8 cm³/mol. The Labute approximate surface area is 121 Å². The fourth-order valence-corrected chi connectivity index (χ4v) is 1.91. The van der Waals surface area contributed by atoms with Gasteiger partial charge in [0.2, 0.25) is 0 Å². The number of hydrogen-bond acceptors (Lipinski definition) is 5. The van der Waals surface area contributed by atoms with Crippen molar-refractivity contribution in [3.8, 4) is 11.4 Å². The lowest BCUT2D eigenvalue weighted by Gasteiger charge is -2.09. The van der Waals surface area contributed by atoms with Crippen molar-refractivity contribution in [3.05, 3.63) is 51.9 Å². The van der Waals surface area contributed by atoms with E-state index in [0.29, 0.717) is 22.6 Å². The van der Waals surface area contributed by atoms with Gasteiger partial charge in [-0.3, -0.25) is 9.59 Å². The average molecular weight is 288 g/mol. The molecule has 1 heterocycles. The van der Waals surface area contributed by atoms with Crippen LogP contribution in [-0.4, -0.2) is 30.0 Å². The van der Waals surface area contributed by atoms with E-state index in [0.717, 1.165) is 0 Å². The zero-order valence-electron chi connectivity index (χ0n) is 12.1. The Morgan fingerprint density at radius 2 is 1.90 bits per heavy atom. The highest BCUT2D eigenvalue weighted by atomic mass is 16.5. The van der Waals surface area contributed by atoms with E-state index in [2.05, 4.69) is 9.84 Å². The number of carbonyl (C=O) groups excluding carboxylic acids is 1. The molecule has 0 N–H and O–H groups in total. The molecule has 0 radical (unpaired) electrons. The molecule has 6 heteroatoms. The topological polar surface area (TPSA) is 70.4 Å². The molecule has 2 rings (SSSR count). The number of carbonyl (C=O) groups is 1. The first-order chi connectivity index (χ1) is 10.1. The molecule has 0 aliphatic rings. The highest BCUT2D eigenvalue weighted by Gasteiger charge is 2.14. The summed E-state index contributed by atoms with van der Waals surface area (Å²) in [5, 5.41) is 4.11. The Balaban J connectivity index is 2.47. The molecule has 0 amide bonds. The molecule has 2 aromatic rings. The van der Waals surface area contributed by atoms with Crippen LogP contribution in [0.15, 0.2) is 35.3 Å². The molecule has 0 unspecified atom stereocenters. The van der Waals surface area contributed by atoms with Crippen LogP contribution in [-0.2, 0) is 16.0 Å². The van der Waals surface area contributed by atoms with Gasteiger partial charge in [0, 0.05) is 5.56 Å². The summed E-state index contributed by atoms with van der Waals surface area (Å²) in [5.41, 5.74) is 1.32. The lowest BCUT2D eigenvalue weighted by Crippen LogP contribution is -2.27. The first kappa shape index (κ1) is 14.8. The van der Waals surface area contributed by atoms with Crippen molar-refractivity contribution in [2.75, 3.05) is 14.2 Å². The number of benzene rings is 1. The third-order valence-electron chi connectivity index (χ3n) is 3.16. The molecule has 0 saturated heterocycles. The van der Waals surface area contributed by atoms with Crippen LogP contribution in [0.3, 0.4) is 0 Å². The molecule has 0 aliphatic heterocycles. The molecule has 0 atom stereocenters. The second-order valence-electron chi connectivity index (χ2n) is 4.47. The number of methoxy groups -OCH3 is 2. The summed E-state index contributed by atoms with van der Waals surface area (Å²) in [6.07, 6.45) is 1.49. The van der Waals surface area contributed by atoms with Crippen molar-refractivity contribution in [2.24, 2.45) is 0 Å². The van der Waals surface area contributed by atoms with Crippen molar-refractivity contribution in [1.82, 2.24) is 9.78 Å². The fraction of sp³-hybridized carbons (Fsp3) is 0.267. The van der Waals surface area contributed by atoms with E-state index in [1.165, 1.54) is 11.8 Å². The van der Waals surface area contributed by atoms with Gasteiger partial charge in [-0.2, -0.15) is 9.78 Å². The molecule has 0 fully saturated rings. The van der Waals surface area contributed by atoms with Crippen molar-refractivity contribution < 1.29 is 14.3 Å². The van der Waals surface area contributed by atoms with Crippen LogP contribution in [0.2, 0.25) is 0 Å². The number of hydrogen-bond donors (Lipinski definition) is 0. The van der Waals surface area contributed by atoms with Crippen LogP contribution in [0.25, 0.3) is 5.69 Å². The molecule has 110 valence electrons. The zero-order valence-corrected chi connectivity index (χ0v) is 12.1. The Morgan fingerprint density at radius 1 is 1.24 bits per heavy atom. The van der Waals surface area contributed by atoms with E-state index in [9.17, 15) is 9.59 Å². The van der Waals surface area contributed by atoms with Gasteiger partial charge in [0.05, 0.1) is 32.5 Å². The number of esters is 1. The number of nitrogens with zero attached hydrogens (tertiary/aromatic N) is 2. The Bertz CT molecular complexity index is 705. The van der Waals surface area contributed by atoms with E-state index in [4.69, 9.17) is 4.74 Å². The minimum Gasteiger partial charge on any atom is -0.497 e. The highest BCUT2D eigenvalue weighted by Crippen LogP contribution is 2.13. The van der Waals surface area contributed by atoms with Crippen LogP contribution in [0.1, 0.15) is 11.1 Å². The van der Waals surface area contributed by atoms with Crippen LogP contribution < -0.4 is 10.3 Å². The van der Waals surface area contributed by atoms with Gasteiger partial charge in [0.1, 0.15) is 5.75 Å². The normalized spacial score (nSPS) is 10.2. The maximum Gasteiger partial charge on any atom is 0.310 e. The van der Waals surface area contributed by atoms with Crippen molar-refractivity contribution in [2.45, 2.75) is 13.3 Å². The highest BCUT2D eigenvalue weighted by molar-refractivity contribution is 5.72. The summed E-state index contributed by atoms with van der Waals surface area (Å²) < 4.78 is 10.9. The molecule has 1 aromatic heterocycles. The minimum absolute atomic E-state index is 0.0696. The van der Waals surface area contributed by atoms with Crippen molar-refractivity contribution >= 4 is 5.97 Å². The van der Waals surface area contributed by atoms with Gasteiger partial charge in [-0.15, -0.1) is 0 Å². The lowest BCUT2D eigenvalue weighted by atomic mass is 10.1. The van der Waals surface area contributed by atoms with Crippen LogP contribution in [0, 0.1) is 6.92 Å². The monoisotopic (exact) mass is 288 g/mol. The maximum atomic E-state index is 12.5. The largest absolute Gasteiger partial charge is 0.497 e. The van der Waals surface area contributed by atoms with E-state index in [-0.39, 0.29) is 12.0 Å². The maximum absolute atomic E-state index is 12.5. The third kappa shape index (κ3) is 3.10. The first-order valence-electron chi connectivity index (χ1n) is 6.36. The standard InChI is InChI=1S/C15H16N2O4/c1-10-9-16-17(11-4-6-12(20-2)7-5-11)15(19)13(10)8-14(18)21-3/h4-7,9H,8H2,1-3H3. The predicted octanol–water partition coefficient (Wildman–Crippen LogP) is 1.27. The molecule has 6 nitrogen and oxygen atoms in total. The van der Waals surface area contributed by atoms with Crippen LogP contribution in [0.4, 0.5) is 0 Å². The van der Waals surface area contributed by atoms with Gasteiger partial charge in [-0.05, 0) is 36.8 Å². The molecule has 21 heavy (non-hydrogen) atoms. The Kier molecular flexibility index (Phi) is 4.37. The first-order valence-corrected chi connectivity index (χ1v) is 6.36. The van der Waals surface area contributed by atoms with E-state index in [1.807, 2.05) is 0 Å². The Hall–Kier alpha value is -2.63.